The van der Waals surface area contributed by atoms with Gasteiger partial charge in [0.2, 0.25) is 0 Å². The van der Waals surface area contributed by atoms with Crippen LogP contribution in [0, 0.1) is 13.8 Å². The van der Waals surface area contributed by atoms with Gasteiger partial charge >= 0.3 is 6.03 Å². The first kappa shape index (κ1) is 23.6. The van der Waals surface area contributed by atoms with Crippen LogP contribution < -0.4 is 15.5 Å². The van der Waals surface area contributed by atoms with Gasteiger partial charge in [0.05, 0.1) is 11.4 Å². The van der Waals surface area contributed by atoms with Gasteiger partial charge in [0, 0.05) is 48.8 Å². The normalized spacial score (nSPS) is 14.0. The first-order chi connectivity index (χ1) is 17.4. The molecule has 7 nitrogen and oxygen atoms in total. The molecular weight excluding hydrogens is 448 g/mol. The summed E-state index contributed by atoms with van der Waals surface area (Å²) in [5.41, 5.74) is 9.01. The molecule has 1 saturated heterocycles. The summed E-state index contributed by atoms with van der Waals surface area (Å²) < 4.78 is 0. The quantitative estimate of drug-likeness (QED) is 0.340. The standard InChI is InChI=1S/C29H32N6O/c1-20-4-9-25(18-21(20)2)31-29(36)30-24-10-5-22(6-11-24)27-19-28(33-32-27)23-7-12-26(13-8-23)35-16-14-34(3)15-17-35/h4-13,18-19H,14-17H2,1-3H3,(H,32,33)(H2,30,31,36). The molecule has 0 saturated carbocycles. The maximum absolute atomic E-state index is 12.4. The molecule has 2 amide bonds. The van der Waals surface area contributed by atoms with E-state index in [9.17, 15) is 4.79 Å². The zero-order valence-electron chi connectivity index (χ0n) is 21.0. The van der Waals surface area contributed by atoms with Gasteiger partial charge in [0.15, 0.2) is 0 Å². The van der Waals surface area contributed by atoms with Crippen molar-refractivity contribution in [2.75, 3.05) is 48.8 Å². The van der Waals surface area contributed by atoms with Gasteiger partial charge in [0.1, 0.15) is 0 Å². The van der Waals surface area contributed by atoms with Crippen molar-refractivity contribution >= 4 is 23.1 Å². The van der Waals surface area contributed by atoms with E-state index in [0.29, 0.717) is 0 Å². The largest absolute Gasteiger partial charge is 0.369 e. The topological polar surface area (TPSA) is 76.3 Å². The van der Waals surface area contributed by atoms with Crippen LogP contribution in [0.2, 0.25) is 0 Å². The van der Waals surface area contributed by atoms with Gasteiger partial charge < -0.3 is 20.4 Å². The van der Waals surface area contributed by atoms with E-state index >= 15 is 0 Å². The summed E-state index contributed by atoms with van der Waals surface area (Å²) in [4.78, 5) is 17.2. The minimum absolute atomic E-state index is 0.269. The number of rotatable bonds is 5. The number of aryl methyl sites for hydroxylation is 2. The first-order valence-corrected chi connectivity index (χ1v) is 12.3. The summed E-state index contributed by atoms with van der Waals surface area (Å²) in [5.74, 6) is 0. The van der Waals surface area contributed by atoms with Gasteiger partial charge in [-0.05, 0) is 80.1 Å². The molecule has 5 rings (SSSR count). The number of carbonyl (C=O) groups is 1. The number of hydrogen-bond acceptors (Lipinski definition) is 4. The smallest absolute Gasteiger partial charge is 0.323 e. The summed E-state index contributed by atoms with van der Waals surface area (Å²) in [7, 11) is 2.17. The molecule has 2 heterocycles. The number of benzene rings is 3. The average Bonchev–Trinajstić information content (AvgIpc) is 3.38. The molecular formula is C29H32N6O. The molecule has 0 bridgehead atoms. The highest BCUT2D eigenvalue weighted by Crippen LogP contribution is 2.27. The fourth-order valence-electron chi connectivity index (χ4n) is 4.37. The van der Waals surface area contributed by atoms with Gasteiger partial charge in [-0.3, -0.25) is 5.10 Å². The SMILES string of the molecule is Cc1ccc(NC(=O)Nc2ccc(-c3cc(-c4ccc(N5CCN(C)CC5)cc4)n[nH]3)cc2)cc1C. The molecule has 1 aromatic heterocycles. The number of urea groups is 1. The van der Waals surface area contributed by atoms with E-state index in [0.717, 1.165) is 65.6 Å². The van der Waals surface area contributed by atoms with Gasteiger partial charge in [-0.2, -0.15) is 5.10 Å². The van der Waals surface area contributed by atoms with Crippen molar-refractivity contribution in [1.29, 1.82) is 0 Å². The van der Waals surface area contributed by atoms with E-state index in [-0.39, 0.29) is 6.03 Å². The summed E-state index contributed by atoms with van der Waals surface area (Å²) in [6.07, 6.45) is 0. The molecule has 0 aliphatic carbocycles. The number of nitrogens with zero attached hydrogens (tertiary/aromatic N) is 3. The second kappa shape index (κ2) is 10.3. The Morgan fingerprint density at radius 3 is 2.11 bits per heavy atom. The molecule has 0 atom stereocenters. The number of anilines is 3. The molecule has 7 heteroatoms. The second-order valence-corrected chi connectivity index (χ2v) is 9.46. The van der Waals surface area contributed by atoms with Crippen LogP contribution in [0.25, 0.3) is 22.5 Å². The monoisotopic (exact) mass is 480 g/mol. The number of hydrogen-bond donors (Lipinski definition) is 3. The molecule has 3 aromatic carbocycles. The Morgan fingerprint density at radius 1 is 0.778 bits per heavy atom. The predicted molar refractivity (Wildman–Crippen MR) is 148 cm³/mol. The Morgan fingerprint density at radius 2 is 1.42 bits per heavy atom. The lowest BCUT2D eigenvalue weighted by atomic mass is 10.1. The van der Waals surface area contributed by atoms with Crippen molar-refractivity contribution in [2.45, 2.75) is 13.8 Å². The third-order valence-electron chi connectivity index (χ3n) is 6.83. The Labute approximate surface area is 212 Å². The molecule has 0 spiro atoms. The molecule has 0 radical (unpaired) electrons. The molecule has 4 aromatic rings. The molecule has 3 N–H and O–H groups in total. The third kappa shape index (κ3) is 5.42. The van der Waals surface area contributed by atoms with Crippen LogP contribution in [-0.4, -0.2) is 54.4 Å². The highest BCUT2D eigenvalue weighted by molar-refractivity contribution is 5.99. The maximum atomic E-state index is 12.4. The maximum Gasteiger partial charge on any atom is 0.323 e. The van der Waals surface area contributed by atoms with E-state index in [1.165, 1.54) is 11.3 Å². The highest BCUT2D eigenvalue weighted by Gasteiger charge is 2.14. The molecule has 184 valence electrons. The van der Waals surface area contributed by atoms with Crippen LogP contribution in [0.1, 0.15) is 11.1 Å². The number of piperazine rings is 1. The van der Waals surface area contributed by atoms with Crippen molar-refractivity contribution in [1.82, 2.24) is 15.1 Å². The number of aromatic amines is 1. The predicted octanol–water partition coefficient (Wildman–Crippen LogP) is 5.76. The van der Waals surface area contributed by atoms with Crippen molar-refractivity contribution in [3.8, 4) is 22.5 Å². The summed E-state index contributed by atoms with van der Waals surface area (Å²) >= 11 is 0. The number of nitrogens with one attached hydrogen (secondary N) is 3. The number of amides is 2. The minimum atomic E-state index is -0.269. The second-order valence-electron chi connectivity index (χ2n) is 9.46. The zero-order valence-corrected chi connectivity index (χ0v) is 21.0. The van der Waals surface area contributed by atoms with Crippen molar-refractivity contribution in [3.63, 3.8) is 0 Å². The van der Waals surface area contributed by atoms with Crippen LogP contribution in [0.4, 0.5) is 21.9 Å². The fraction of sp³-hybridized carbons (Fsp3) is 0.241. The number of carbonyl (C=O) groups excluding carboxylic acids is 1. The summed E-state index contributed by atoms with van der Waals surface area (Å²) in [6.45, 7) is 8.38. The Kier molecular flexibility index (Phi) is 6.73. The lowest BCUT2D eigenvalue weighted by molar-refractivity contribution is 0.262. The number of aromatic nitrogens is 2. The minimum Gasteiger partial charge on any atom is -0.369 e. The van der Waals surface area contributed by atoms with Crippen LogP contribution in [-0.2, 0) is 0 Å². The number of likely N-dealkylation sites (N-methyl/N-ethyl adjacent to an activating group) is 1. The van der Waals surface area contributed by atoms with Crippen molar-refractivity contribution < 1.29 is 4.79 Å². The van der Waals surface area contributed by atoms with Gasteiger partial charge in [0.25, 0.3) is 0 Å². The van der Waals surface area contributed by atoms with Crippen LogP contribution in [0.3, 0.4) is 0 Å². The van der Waals surface area contributed by atoms with E-state index in [2.05, 4.69) is 74.9 Å². The van der Waals surface area contributed by atoms with Crippen LogP contribution in [0.5, 0.6) is 0 Å². The van der Waals surface area contributed by atoms with E-state index in [1.54, 1.807) is 0 Å². The van der Waals surface area contributed by atoms with Gasteiger partial charge in [-0.1, -0.05) is 30.3 Å². The molecule has 1 fully saturated rings. The first-order valence-electron chi connectivity index (χ1n) is 12.3. The molecule has 36 heavy (non-hydrogen) atoms. The van der Waals surface area contributed by atoms with Crippen LogP contribution in [0.15, 0.2) is 72.8 Å². The summed E-state index contributed by atoms with van der Waals surface area (Å²) in [5, 5.41) is 13.4. The Hall–Kier alpha value is -4.10. The van der Waals surface area contributed by atoms with E-state index in [4.69, 9.17) is 0 Å². The average molecular weight is 481 g/mol. The van der Waals surface area contributed by atoms with Crippen molar-refractivity contribution in [3.05, 3.63) is 83.9 Å². The van der Waals surface area contributed by atoms with Gasteiger partial charge in [-0.25, -0.2) is 4.79 Å². The Balaban J connectivity index is 1.21. The van der Waals surface area contributed by atoms with E-state index < -0.39 is 0 Å². The highest BCUT2D eigenvalue weighted by atomic mass is 16.2. The summed E-state index contributed by atoms with van der Waals surface area (Å²) in [6, 6.07) is 24.0. The zero-order chi connectivity index (χ0) is 25.1. The lowest BCUT2D eigenvalue weighted by Gasteiger charge is -2.34. The molecule has 1 aliphatic rings. The van der Waals surface area contributed by atoms with Crippen molar-refractivity contribution in [2.24, 2.45) is 0 Å². The van der Waals surface area contributed by atoms with E-state index in [1.807, 2.05) is 49.4 Å². The molecule has 0 unspecified atom stereocenters. The third-order valence-corrected chi connectivity index (χ3v) is 6.83. The van der Waals surface area contributed by atoms with Gasteiger partial charge in [-0.15, -0.1) is 0 Å². The lowest BCUT2D eigenvalue weighted by Crippen LogP contribution is -2.44. The Bertz CT molecular complexity index is 1340. The fourth-order valence-corrected chi connectivity index (χ4v) is 4.37. The molecule has 1 aliphatic heterocycles. The van der Waals surface area contributed by atoms with Crippen LogP contribution >= 0.6 is 0 Å². The number of H-pyrrole nitrogens is 1.